The summed E-state index contributed by atoms with van der Waals surface area (Å²) in [5.74, 6) is -0.492. The zero-order chi connectivity index (χ0) is 20.9. The summed E-state index contributed by atoms with van der Waals surface area (Å²) in [5.41, 5.74) is 1.24. The molecule has 1 atom stereocenters. The Bertz CT molecular complexity index is 901. The highest BCUT2D eigenvalue weighted by Gasteiger charge is 2.29. The fraction of sp³-hybridized carbons (Fsp3) is 0.381. The second-order valence-electron chi connectivity index (χ2n) is 7.56. The van der Waals surface area contributed by atoms with Crippen LogP contribution < -0.4 is 10.1 Å². The Labute approximate surface area is 165 Å². The largest absolute Gasteiger partial charge is 0.492 e. The molecule has 0 bridgehead atoms. The Morgan fingerprint density at radius 1 is 1.07 bits per heavy atom. The number of amides is 1. The molecule has 0 aliphatic rings. The lowest BCUT2D eigenvalue weighted by Gasteiger charge is -2.19. The number of rotatable bonds is 7. The molecule has 0 saturated heterocycles. The molecule has 28 heavy (non-hydrogen) atoms. The van der Waals surface area contributed by atoms with E-state index in [0.29, 0.717) is 5.75 Å². The standard InChI is InChI=1S/C21H26FNO4S/c1-15(28(25,26)19-11-7-17(22)8-12-19)20(24)23-13-14-27-18-9-5-16(6-10-18)21(2,3)4/h5-12,15H,13-14H2,1-4H3,(H,23,24). The molecule has 0 radical (unpaired) electrons. The van der Waals surface area contributed by atoms with Crippen LogP contribution in [0.15, 0.2) is 53.4 Å². The van der Waals surface area contributed by atoms with Gasteiger partial charge in [-0.2, -0.15) is 0 Å². The van der Waals surface area contributed by atoms with Crippen molar-refractivity contribution in [3.63, 3.8) is 0 Å². The van der Waals surface area contributed by atoms with Crippen LogP contribution in [0.5, 0.6) is 5.75 Å². The predicted molar refractivity (Wildman–Crippen MR) is 107 cm³/mol. The molecule has 0 fully saturated rings. The molecule has 2 aromatic rings. The molecule has 2 aromatic carbocycles. The van der Waals surface area contributed by atoms with E-state index in [9.17, 15) is 17.6 Å². The maximum Gasteiger partial charge on any atom is 0.238 e. The predicted octanol–water partition coefficient (Wildman–Crippen LogP) is 3.48. The van der Waals surface area contributed by atoms with E-state index < -0.39 is 26.8 Å². The van der Waals surface area contributed by atoms with Crippen molar-refractivity contribution in [1.82, 2.24) is 5.32 Å². The van der Waals surface area contributed by atoms with Crippen LogP contribution in [0.3, 0.4) is 0 Å². The van der Waals surface area contributed by atoms with Gasteiger partial charge in [-0.3, -0.25) is 4.79 Å². The highest BCUT2D eigenvalue weighted by atomic mass is 32.2. The number of benzene rings is 2. The Kier molecular flexibility index (Phi) is 6.82. The van der Waals surface area contributed by atoms with E-state index in [2.05, 4.69) is 26.1 Å². The van der Waals surface area contributed by atoms with Crippen molar-refractivity contribution in [1.29, 1.82) is 0 Å². The van der Waals surface area contributed by atoms with Crippen LogP contribution in [0.2, 0.25) is 0 Å². The topological polar surface area (TPSA) is 72.5 Å². The molecule has 1 N–H and O–H groups in total. The van der Waals surface area contributed by atoms with Gasteiger partial charge in [-0.05, 0) is 54.3 Å². The van der Waals surface area contributed by atoms with Gasteiger partial charge in [0.15, 0.2) is 9.84 Å². The number of carbonyl (C=O) groups is 1. The Morgan fingerprint density at radius 3 is 2.18 bits per heavy atom. The molecule has 152 valence electrons. The van der Waals surface area contributed by atoms with Crippen LogP contribution in [-0.4, -0.2) is 32.7 Å². The highest BCUT2D eigenvalue weighted by molar-refractivity contribution is 7.92. The van der Waals surface area contributed by atoms with Crippen molar-refractivity contribution in [2.45, 2.75) is 43.3 Å². The molecule has 0 aromatic heterocycles. The second kappa shape index (κ2) is 8.73. The van der Waals surface area contributed by atoms with Crippen molar-refractivity contribution in [3.8, 4) is 5.75 Å². The first-order valence-corrected chi connectivity index (χ1v) is 10.6. The van der Waals surface area contributed by atoms with Crippen LogP contribution in [0.4, 0.5) is 4.39 Å². The summed E-state index contributed by atoms with van der Waals surface area (Å²) in [5, 5.41) is 1.27. The van der Waals surface area contributed by atoms with Crippen LogP contribution >= 0.6 is 0 Å². The fourth-order valence-corrected chi connectivity index (χ4v) is 3.80. The lowest BCUT2D eigenvalue weighted by Crippen LogP contribution is -2.39. The summed E-state index contributed by atoms with van der Waals surface area (Å²) in [6.07, 6.45) is 0. The summed E-state index contributed by atoms with van der Waals surface area (Å²) < 4.78 is 43.4. The molecular weight excluding hydrogens is 381 g/mol. The molecule has 7 heteroatoms. The van der Waals surface area contributed by atoms with Gasteiger partial charge in [-0.1, -0.05) is 32.9 Å². The van der Waals surface area contributed by atoms with E-state index in [1.165, 1.54) is 12.5 Å². The van der Waals surface area contributed by atoms with Crippen LogP contribution in [0, 0.1) is 5.82 Å². The molecule has 1 amide bonds. The monoisotopic (exact) mass is 407 g/mol. The quantitative estimate of drug-likeness (QED) is 0.563. The van der Waals surface area contributed by atoms with Gasteiger partial charge in [0.2, 0.25) is 5.91 Å². The Hall–Kier alpha value is -2.41. The summed E-state index contributed by atoms with van der Waals surface area (Å²) in [6, 6.07) is 12.1. The number of hydrogen-bond donors (Lipinski definition) is 1. The summed E-state index contributed by atoms with van der Waals surface area (Å²) >= 11 is 0. The van der Waals surface area contributed by atoms with E-state index in [4.69, 9.17) is 4.74 Å². The minimum atomic E-state index is -3.88. The van der Waals surface area contributed by atoms with Crippen LogP contribution in [0.1, 0.15) is 33.3 Å². The molecule has 0 heterocycles. The van der Waals surface area contributed by atoms with E-state index in [1.807, 2.05) is 24.3 Å². The minimum Gasteiger partial charge on any atom is -0.492 e. The normalized spacial score (nSPS) is 13.0. The molecule has 0 aliphatic carbocycles. The molecular formula is C21H26FNO4S. The van der Waals surface area contributed by atoms with Crippen LogP contribution in [0.25, 0.3) is 0 Å². The van der Waals surface area contributed by atoms with E-state index in [-0.39, 0.29) is 23.5 Å². The minimum absolute atomic E-state index is 0.0542. The van der Waals surface area contributed by atoms with Gasteiger partial charge in [0.1, 0.15) is 23.4 Å². The highest BCUT2D eigenvalue weighted by Crippen LogP contribution is 2.24. The van der Waals surface area contributed by atoms with E-state index in [0.717, 1.165) is 24.3 Å². The fourth-order valence-electron chi connectivity index (χ4n) is 2.51. The smallest absolute Gasteiger partial charge is 0.238 e. The van der Waals surface area contributed by atoms with Crippen molar-refractivity contribution in [3.05, 3.63) is 59.9 Å². The van der Waals surface area contributed by atoms with E-state index in [1.54, 1.807) is 0 Å². The first-order chi connectivity index (χ1) is 13.0. The van der Waals surface area contributed by atoms with Crippen molar-refractivity contribution >= 4 is 15.7 Å². The SMILES string of the molecule is CC(C(=O)NCCOc1ccc(C(C)(C)C)cc1)S(=O)(=O)c1ccc(F)cc1. The van der Waals surface area contributed by atoms with Gasteiger partial charge in [0.05, 0.1) is 11.4 Å². The third-order valence-electron chi connectivity index (χ3n) is 4.37. The maximum absolute atomic E-state index is 13.0. The van der Waals surface area contributed by atoms with Gasteiger partial charge in [0.25, 0.3) is 0 Å². The first-order valence-electron chi connectivity index (χ1n) is 9.02. The molecule has 5 nitrogen and oxygen atoms in total. The molecule has 0 saturated carbocycles. The van der Waals surface area contributed by atoms with Gasteiger partial charge in [-0.25, -0.2) is 12.8 Å². The first kappa shape index (κ1) is 21.9. The summed E-state index contributed by atoms with van der Waals surface area (Å²) in [7, 11) is -3.88. The Morgan fingerprint density at radius 2 is 1.64 bits per heavy atom. The average Bonchev–Trinajstić information content (AvgIpc) is 2.64. The summed E-state index contributed by atoms with van der Waals surface area (Å²) in [6.45, 7) is 8.06. The number of halogens is 1. The molecule has 1 unspecified atom stereocenters. The molecule has 0 aliphatic heterocycles. The maximum atomic E-state index is 13.0. The van der Waals surface area contributed by atoms with Crippen molar-refractivity contribution < 1.29 is 22.3 Å². The lowest BCUT2D eigenvalue weighted by molar-refractivity contribution is -0.120. The third-order valence-corrected chi connectivity index (χ3v) is 6.44. The molecule has 2 rings (SSSR count). The van der Waals surface area contributed by atoms with Crippen molar-refractivity contribution in [2.24, 2.45) is 0 Å². The van der Waals surface area contributed by atoms with Crippen molar-refractivity contribution in [2.75, 3.05) is 13.2 Å². The average molecular weight is 408 g/mol. The lowest BCUT2D eigenvalue weighted by atomic mass is 9.87. The third kappa shape index (κ3) is 5.55. The molecule has 0 spiro atoms. The van der Waals surface area contributed by atoms with Gasteiger partial charge in [0, 0.05) is 0 Å². The van der Waals surface area contributed by atoms with Gasteiger partial charge >= 0.3 is 0 Å². The number of ether oxygens (including phenoxy) is 1. The zero-order valence-electron chi connectivity index (χ0n) is 16.5. The number of hydrogen-bond acceptors (Lipinski definition) is 4. The van der Waals surface area contributed by atoms with Gasteiger partial charge in [-0.15, -0.1) is 0 Å². The number of nitrogens with one attached hydrogen (secondary N) is 1. The summed E-state index contributed by atoms with van der Waals surface area (Å²) in [4.78, 5) is 12.1. The Balaban J connectivity index is 1.85. The number of sulfone groups is 1. The second-order valence-corrected chi connectivity index (χ2v) is 9.82. The van der Waals surface area contributed by atoms with E-state index >= 15 is 0 Å². The van der Waals surface area contributed by atoms with Gasteiger partial charge < -0.3 is 10.1 Å². The zero-order valence-corrected chi connectivity index (χ0v) is 17.3. The number of carbonyl (C=O) groups excluding carboxylic acids is 1. The van der Waals surface area contributed by atoms with Crippen LogP contribution in [-0.2, 0) is 20.0 Å².